The highest BCUT2D eigenvalue weighted by Crippen LogP contribution is 2.12. The maximum Gasteiger partial charge on any atom is 0.227 e. The summed E-state index contributed by atoms with van der Waals surface area (Å²) in [6.45, 7) is 5.23. The zero-order chi connectivity index (χ0) is 16.9. The number of aryl methyl sites for hydroxylation is 3. The van der Waals surface area contributed by atoms with Crippen molar-refractivity contribution in [3.8, 4) is 0 Å². The van der Waals surface area contributed by atoms with Gasteiger partial charge in [-0.2, -0.15) is 10.2 Å². The van der Waals surface area contributed by atoms with Crippen molar-refractivity contribution >= 4 is 11.7 Å². The molecule has 0 fully saturated rings. The number of anilines is 1. The molecule has 0 saturated heterocycles. The third-order valence-corrected chi connectivity index (χ3v) is 3.73. The Morgan fingerprint density at radius 3 is 2.79 bits per heavy atom. The number of hydrogen-bond donors (Lipinski definition) is 1. The number of amides is 1. The Bertz CT molecular complexity index is 833. The van der Waals surface area contributed by atoms with Crippen LogP contribution in [-0.4, -0.2) is 25.5 Å². The predicted octanol–water partition coefficient (Wildman–Crippen LogP) is 2.77. The normalized spacial score (nSPS) is 10.8. The van der Waals surface area contributed by atoms with Gasteiger partial charge >= 0.3 is 0 Å². The quantitative estimate of drug-likeness (QED) is 0.758. The Morgan fingerprint density at radius 1 is 1.17 bits per heavy atom. The van der Waals surface area contributed by atoms with Gasteiger partial charge in [-0.1, -0.05) is 29.8 Å². The number of nitrogens with zero attached hydrogens (tertiary/aromatic N) is 4. The third-order valence-electron chi connectivity index (χ3n) is 3.73. The molecular formula is C18H21N5O. The van der Waals surface area contributed by atoms with E-state index < -0.39 is 0 Å². The summed E-state index contributed by atoms with van der Waals surface area (Å²) >= 11 is 0. The van der Waals surface area contributed by atoms with E-state index in [0.717, 1.165) is 11.1 Å². The minimum atomic E-state index is -0.0471. The van der Waals surface area contributed by atoms with Crippen LogP contribution in [0.5, 0.6) is 0 Å². The molecule has 0 unspecified atom stereocenters. The van der Waals surface area contributed by atoms with Gasteiger partial charge in [-0.05, 0) is 25.0 Å². The van der Waals surface area contributed by atoms with Crippen LogP contribution in [0.15, 0.2) is 48.9 Å². The molecule has 3 aromatic rings. The second-order valence-electron chi connectivity index (χ2n) is 5.94. The van der Waals surface area contributed by atoms with Crippen LogP contribution >= 0.6 is 0 Å². The van der Waals surface area contributed by atoms with Crippen molar-refractivity contribution in [1.82, 2.24) is 19.6 Å². The topological polar surface area (TPSA) is 64.7 Å². The van der Waals surface area contributed by atoms with E-state index in [9.17, 15) is 4.79 Å². The SMILES string of the molecule is Cc1cccc(Cn2nccc2NC(=O)CCn2cc(C)cn2)c1. The van der Waals surface area contributed by atoms with E-state index in [1.807, 2.05) is 25.3 Å². The van der Waals surface area contributed by atoms with Crippen molar-refractivity contribution in [2.75, 3.05) is 5.32 Å². The molecule has 0 bridgehead atoms. The maximum atomic E-state index is 12.2. The fourth-order valence-corrected chi connectivity index (χ4v) is 2.56. The number of rotatable bonds is 6. The third kappa shape index (κ3) is 4.10. The van der Waals surface area contributed by atoms with Gasteiger partial charge in [0.25, 0.3) is 0 Å². The lowest BCUT2D eigenvalue weighted by molar-refractivity contribution is -0.116. The van der Waals surface area contributed by atoms with Gasteiger partial charge in [0.05, 0.1) is 18.9 Å². The van der Waals surface area contributed by atoms with E-state index in [2.05, 4.69) is 40.6 Å². The number of hydrogen-bond acceptors (Lipinski definition) is 3. The summed E-state index contributed by atoms with van der Waals surface area (Å²) in [6.07, 6.45) is 5.78. The van der Waals surface area contributed by atoms with E-state index in [0.29, 0.717) is 25.3 Å². The van der Waals surface area contributed by atoms with Gasteiger partial charge in [-0.15, -0.1) is 0 Å². The summed E-state index contributed by atoms with van der Waals surface area (Å²) in [5, 5.41) is 11.4. The van der Waals surface area contributed by atoms with Gasteiger partial charge in [-0.25, -0.2) is 4.68 Å². The Morgan fingerprint density at radius 2 is 2.04 bits per heavy atom. The molecule has 2 aromatic heterocycles. The van der Waals surface area contributed by atoms with Crippen LogP contribution in [0.4, 0.5) is 5.82 Å². The lowest BCUT2D eigenvalue weighted by Gasteiger charge is -2.10. The molecule has 1 N–H and O–H groups in total. The van der Waals surface area contributed by atoms with E-state index in [1.165, 1.54) is 5.56 Å². The van der Waals surface area contributed by atoms with Gasteiger partial charge in [0, 0.05) is 25.2 Å². The summed E-state index contributed by atoms with van der Waals surface area (Å²) < 4.78 is 3.57. The van der Waals surface area contributed by atoms with E-state index in [4.69, 9.17) is 0 Å². The average molecular weight is 323 g/mol. The second kappa shape index (κ2) is 7.12. The zero-order valence-electron chi connectivity index (χ0n) is 13.9. The van der Waals surface area contributed by atoms with E-state index >= 15 is 0 Å². The lowest BCUT2D eigenvalue weighted by atomic mass is 10.1. The fourth-order valence-electron chi connectivity index (χ4n) is 2.56. The molecule has 6 heteroatoms. The molecule has 0 aliphatic rings. The van der Waals surface area contributed by atoms with Crippen molar-refractivity contribution in [2.45, 2.75) is 33.4 Å². The van der Waals surface area contributed by atoms with Crippen molar-refractivity contribution < 1.29 is 4.79 Å². The largest absolute Gasteiger partial charge is 0.311 e. The molecule has 3 rings (SSSR count). The molecule has 0 atom stereocenters. The Hall–Kier alpha value is -2.89. The molecule has 2 heterocycles. The molecule has 6 nitrogen and oxygen atoms in total. The molecule has 0 saturated carbocycles. The first-order valence-electron chi connectivity index (χ1n) is 7.96. The number of benzene rings is 1. The standard InChI is InChI=1S/C18H21N5O/c1-14-4-3-5-16(10-14)13-23-17(6-8-19-23)21-18(24)7-9-22-12-15(2)11-20-22/h3-6,8,10-12H,7,9,13H2,1-2H3,(H,21,24). The molecule has 0 spiro atoms. The molecule has 1 amide bonds. The van der Waals surface area contributed by atoms with Crippen molar-refractivity contribution in [1.29, 1.82) is 0 Å². The van der Waals surface area contributed by atoms with E-state index in [1.54, 1.807) is 21.8 Å². The first-order valence-corrected chi connectivity index (χ1v) is 7.96. The summed E-state index contributed by atoms with van der Waals surface area (Å²) in [4.78, 5) is 12.2. The summed E-state index contributed by atoms with van der Waals surface area (Å²) in [5.74, 6) is 0.660. The Balaban J connectivity index is 1.59. The highest BCUT2D eigenvalue weighted by Gasteiger charge is 2.08. The van der Waals surface area contributed by atoms with Crippen molar-refractivity contribution in [3.05, 3.63) is 65.6 Å². The molecule has 0 aliphatic carbocycles. The molecule has 124 valence electrons. The first kappa shape index (κ1) is 16.0. The predicted molar refractivity (Wildman–Crippen MR) is 92.7 cm³/mol. The van der Waals surface area contributed by atoms with Crippen LogP contribution < -0.4 is 5.32 Å². The number of carbonyl (C=O) groups excluding carboxylic acids is 1. The zero-order valence-corrected chi connectivity index (χ0v) is 13.9. The van der Waals surface area contributed by atoms with Gasteiger partial charge in [-0.3, -0.25) is 9.48 Å². The number of carbonyl (C=O) groups is 1. The summed E-state index contributed by atoms with van der Waals surface area (Å²) in [5.41, 5.74) is 3.45. The van der Waals surface area contributed by atoms with Crippen LogP contribution in [0.25, 0.3) is 0 Å². The average Bonchev–Trinajstić information content (AvgIpc) is 3.15. The number of aromatic nitrogens is 4. The highest BCUT2D eigenvalue weighted by atomic mass is 16.1. The Labute approximate surface area is 141 Å². The number of nitrogens with one attached hydrogen (secondary N) is 1. The van der Waals surface area contributed by atoms with Crippen LogP contribution in [0.1, 0.15) is 23.1 Å². The first-order chi connectivity index (χ1) is 11.6. The van der Waals surface area contributed by atoms with Gasteiger partial charge < -0.3 is 5.32 Å². The molecule has 24 heavy (non-hydrogen) atoms. The Kier molecular flexibility index (Phi) is 4.74. The summed E-state index contributed by atoms with van der Waals surface area (Å²) in [6, 6.07) is 10.1. The maximum absolute atomic E-state index is 12.2. The van der Waals surface area contributed by atoms with Crippen LogP contribution in [0.2, 0.25) is 0 Å². The molecule has 1 aromatic carbocycles. The van der Waals surface area contributed by atoms with Crippen LogP contribution in [0, 0.1) is 13.8 Å². The monoisotopic (exact) mass is 323 g/mol. The lowest BCUT2D eigenvalue weighted by Crippen LogP contribution is -2.18. The molecule has 0 radical (unpaired) electrons. The van der Waals surface area contributed by atoms with Crippen molar-refractivity contribution in [3.63, 3.8) is 0 Å². The van der Waals surface area contributed by atoms with Crippen LogP contribution in [0.3, 0.4) is 0 Å². The minimum Gasteiger partial charge on any atom is -0.311 e. The smallest absolute Gasteiger partial charge is 0.227 e. The van der Waals surface area contributed by atoms with Crippen molar-refractivity contribution in [2.24, 2.45) is 0 Å². The molecule has 0 aliphatic heterocycles. The minimum absolute atomic E-state index is 0.0471. The van der Waals surface area contributed by atoms with Gasteiger partial charge in [0.2, 0.25) is 5.91 Å². The molecular weight excluding hydrogens is 302 g/mol. The van der Waals surface area contributed by atoms with Gasteiger partial charge in [0.1, 0.15) is 5.82 Å². The second-order valence-corrected chi connectivity index (χ2v) is 5.94. The fraction of sp³-hybridized carbons (Fsp3) is 0.278. The van der Waals surface area contributed by atoms with Crippen LogP contribution in [-0.2, 0) is 17.9 Å². The summed E-state index contributed by atoms with van der Waals surface area (Å²) in [7, 11) is 0. The van der Waals surface area contributed by atoms with E-state index in [-0.39, 0.29) is 5.91 Å². The highest BCUT2D eigenvalue weighted by molar-refractivity contribution is 5.89. The van der Waals surface area contributed by atoms with Gasteiger partial charge in [0.15, 0.2) is 0 Å².